The van der Waals surface area contributed by atoms with Crippen molar-refractivity contribution in [2.75, 3.05) is 26.2 Å². The predicted octanol–water partition coefficient (Wildman–Crippen LogP) is 2.17. The Labute approximate surface area is 130 Å². The molecule has 0 aliphatic carbocycles. The summed E-state index contributed by atoms with van der Waals surface area (Å²) >= 11 is 6.14. The van der Waals surface area contributed by atoms with Crippen molar-refractivity contribution in [3.63, 3.8) is 0 Å². The van der Waals surface area contributed by atoms with Crippen molar-refractivity contribution in [1.29, 1.82) is 0 Å². The highest BCUT2D eigenvalue weighted by molar-refractivity contribution is 6.33. The fourth-order valence-corrected chi connectivity index (χ4v) is 3.31. The van der Waals surface area contributed by atoms with Crippen LogP contribution >= 0.6 is 11.6 Å². The molecule has 1 aromatic heterocycles. The highest BCUT2D eigenvalue weighted by Crippen LogP contribution is 2.24. The van der Waals surface area contributed by atoms with E-state index in [0.29, 0.717) is 22.6 Å². The summed E-state index contributed by atoms with van der Waals surface area (Å²) in [5.74, 6) is 0.790. The molecular formula is C15H21ClN4O. The van der Waals surface area contributed by atoms with Gasteiger partial charge in [-0.05, 0) is 19.4 Å². The number of rotatable bonds is 2. The van der Waals surface area contributed by atoms with E-state index in [0.717, 1.165) is 19.6 Å². The van der Waals surface area contributed by atoms with Gasteiger partial charge in [0, 0.05) is 31.6 Å². The summed E-state index contributed by atoms with van der Waals surface area (Å²) in [6, 6.07) is 0.507. The number of piperazine rings is 1. The van der Waals surface area contributed by atoms with Crippen molar-refractivity contribution in [2.45, 2.75) is 38.6 Å². The topological polar surface area (TPSA) is 49.3 Å². The normalized spacial score (nSPS) is 22.7. The average molecular weight is 309 g/mol. The highest BCUT2D eigenvalue weighted by atomic mass is 35.5. The second kappa shape index (κ2) is 5.89. The van der Waals surface area contributed by atoms with Crippen molar-refractivity contribution in [1.82, 2.24) is 19.8 Å². The molecule has 0 spiro atoms. The van der Waals surface area contributed by atoms with Crippen LogP contribution in [0.5, 0.6) is 0 Å². The van der Waals surface area contributed by atoms with Gasteiger partial charge in [0.25, 0.3) is 5.91 Å². The molecule has 2 aliphatic rings. The van der Waals surface area contributed by atoms with Crippen molar-refractivity contribution in [3.05, 3.63) is 22.7 Å². The van der Waals surface area contributed by atoms with Gasteiger partial charge in [0.1, 0.15) is 5.82 Å². The summed E-state index contributed by atoms with van der Waals surface area (Å²) in [6.45, 7) is 7.68. The van der Waals surface area contributed by atoms with E-state index in [-0.39, 0.29) is 11.8 Å². The van der Waals surface area contributed by atoms with Crippen LogP contribution < -0.4 is 0 Å². The number of fused-ring (bicyclic) bond motifs is 1. The minimum Gasteiger partial charge on any atom is -0.334 e. The minimum atomic E-state index is -0.0594. The molecule has 6 heteroatoms. The molecule has 21 heavy (non-hydrogen) atoms. The molecule has 3 heterocycles. The molecule has 2 fully saturated rings. The fraction of sp³-hybridized carbons (Fsp3) is 0.667. The molecule has 5 nitrogen and oxygen atoms in total. The van der Waals surface area contributed by atoms with Crippen LogP contribution in [-0.2, 0) is 0 Å². The Morgan fingerprint density at radius 3 is 2.95 bits per heavy atom. The quantitative estimate of drug-likeness (QED) is 0.840. The largest absolute Gasteiger partial charge is 0.334 e. The van der Waals surface area contributed by atoms with Gasteiger partial charge in [-0.15, -0.1) is 0 Å². The van der Waals surface area contributed by atoms with Crippen molar-refractivity contribution >= 4 is 17.5 Å². The number of nitrogens with zero attached hydrogens (tertiary/aromatic N) is 4. The maximum atomic E-state index is 12.7. The molecule has 1 atom stereocenters. The zero-order chi connectivity index (χ0) is 15.0. The lowest BCUT2D eigenvalue weighted by molar-refractivity contribution is 0.0565. The third kappa shape index (κ3) is 2.90. The Bertz CT molecular complexity index is 548. The van der Waals surface area contributed by atoms with Crippen LogP contribution in [0.1, 0.15) is 48.9 Å². The van der Waals surface area contributed by atoms with Crippen LogP contribution in [-0.4, -0.2) is 57.9 Å². The third-order valence-electron chi connectivity index (χ3n) is 4.36. The summed E-state index contributed by atoms with van der Waals surface area (Å²) < 4.78 is 0. The van der Waals surface area contributed by atoms with Crippen LogP contribution in [0, 0.1) is 0 Å². The predicted molar refractivity (Wildman–Crippen MR) is 81.6 cm³/mol. The van der Waals surface area contributed by atoms with E-state index in [1.807, 2.05) is 18.7 Å². The summed E-state index contributed by atoms with van der Waals surface area (Å²) in [5, 5.41) is 0.346. The van der Waals surface area contributed by atoms with E-state index in [2.05, 4.69) is 14.9 Å². The van der Waals surface area contributed by atoms with Gasteiger partial charge in [-0.3, -0.25) is 9.69 Å². The zero-order valence-electron chi connectivity index (χ0n) is 12.5. The van der Waals surface area contributed by atoms with E-state index < -0.39 is 0 Å². The SMILES string of the molecule is CC(C)c1ncc(Cl)c(C(=O)N2CCN3CCCC3C2)n1. The Morgan fingerprint density at radius 2 is 2.19 bits per heavy atom. The number of hydrogen-bond donors (Lipinski definition) is 0. The number of aromatic nitrogens is 2. The molecule has 114 valence electrons. The van der Waals surface area contributed by atoms with Crippen LogP contribution in [0.25, 0.3) is 0 Å². The Hall–Kier alpha value is -1.20. The lowest BCUT2D eigenvalue weighted by Crippen LogP contribution is -2.52. The second-order valence-electron chi connectivity index (χ2n) is 6.16. The molecule has 0 radical (unpaired) electrons. The molecule has 1 unspecified atom stereocenters. The van der Waals surface area contributed by atoms with Gasteiger partial charge >= 0.3 is 0 Å². The molecule has 0 bridgehead atoms. The van der Waals surface area contributed by atoms with Crippen molar-refractivity contribution in [3.8, 4) is 0 Å². The number of hydrogen-bond acceptors (Lipinski definition) is 4. The van der Waals surface area contributed by atoms with E-state index in [4.69, 9.17) is 11.6 Å². The van der Waals surface area contributed by atoms with E-state index in [1.54, 1.807) is 6.20 Å². The Balaban J connectivity index is 1.80. The lowest BCUT2D eigenvalue weighted by atomic mass is 10.1. The third-order valence-corrected chi connectivity index (χ3v) is 4.63. The number of amides is 1. The smallest absolute Gasteiger partial charge is 0.274 e. The maximum Gasteiger partial charge on any atom is 0.274 e. The van der Waals surface area contributed by atoms with Crippen molar-refractivity contribution < 1.29 is 4.79 Å². The molecule has 0 N–H and O–H groups in total. The number of halogens is 1. The van der Waals surface area contributed by atoms with E-state index >= 15 is 0 Å². The Morgan fingerprint density at radius 1 is 1.38 bits per heavy atom. The van der Waals surface area contributed by atoms with Crippen LogP contribution in [0.15, 0.2) is 6.20 Å². The molecule has 0 aromatic carbocycles. The summed E-state index contributed by atoms with van der Waals surface area (Å²) in [4.78, 5) is 25.7. The standard InChI is InChI=1S/C15H21ClN4O/c1-10(2)14-17-8-12(16)13(18-14)15(21)20-7-6-19-5-3-4-11(19)9-20/h8,10-11H,3-7,9H2,1-2H3. The Kier molecular flexibility index (Phi) is 4.13. The van der Waals surface area contributed by atoms with Crippen LogP contribution in [0.2, 0.25) is 5.02 Å². The molecule has 2 saturated heterocycles. The van der Waals surface area contributed by atoms with E-state index in [1.165, 1.54) is 19.4 Å². The van der Waals surface area contributed by atoms with Crippen molar-refractivity contribution in [2.24, 2.45) is 0 Å². The first-order valence-electron chi connectivity index (χ1n) is 7.62. The molecule has 1 aromatic rings. The highest BCUT2D eigenvalue weighted by Gasteiger charge is 2.33. The number of carbonyl (C=O) groups excluding carboxylic acids is 1. The van der Waals surface area contributed by atoms with Gasteiger partial charge in [0.05, 0.1) is 11.2 Å². The van der Waals surface area contributed by atoms with Crippen LogP contribution in [0.3, 0.4) is 0 Å². The maximum absolute atomic E-state index is 12.7. The minimum absolute atomic E-state index is 0.0594. The molecule has 3 rings (SSSR count). The molecular weight excluding hydrogens is 288 g/mol. The monoisotopic (exact) mass is 308 g/mol. The van der Waals surface area contributed by atoms with Crippen LogP contribution in [0.4, 0.5) is 0 Å². The lowest BCUT2D eigenvalue weighted by Gasteiger charge is -2.37. The second-order valence-corrected chi connectivity index (χ2v) is 6.57. The molecule has 2 aliphatic heterocycles. The van der Waals surface area contributed by atoms with Gasteiger partial charge in [-0.2, -0.15) is 0 Å². The average Bonchev–Trinajstić information content (AvgIpc) is 2.94. The van der Waals surface area contributed by atoms with Gasteiger partial charge < -0.3 is 4.90 Å². The number of carbonyl (C=O) groups is 1. The van der Waals surface area contributed by atoms with Gasteiger partial charge in [-0.1, -0.05) is 25.4 Å². The van der Waals surface area contributed by atoms with Gasteiger partial charge in [-0.25, -0.2) is 9.97 Å². The summed E-state index contributed by atoms with van der Waals surface area (Å²) in [7, 11) is 0. The molecule has 1 amide bonds. The fourth-order valence-electron chi connectivity index (χ4n) is 3.13. The first-order valence-corrected chi connectivity index (χ1v) is 8.00. The van der Waals surface area contributed by atoms with E-state index in [9.17, 15) is 4.79 Å². The first kappa shape index (κ1) is 14.7. The molecule has 0 saturated carbocycles. The van der Waals surface area contributed by atoms with Gasteiger partial charge in [0.2, 0.25) is 0 Å². The summed E-state index contributed by atoms with van der Waals surface area (Å²) in [6.07, 6.45) is 3.96. The zero-order valence-corrected chi connectivity index (χ0v) is 13.3. The van der Waals surface area contributed by atoms with Gasteiger partial charge in [0.15, 0.2) is 5.69 Å². The summed E-state index contributed by atoms with van der Waals surface area (Å²) in [5.41, 5.74) is 0.349. The first-order chi connectivity index (χ1) is 10.1.